The zero-order chi connectivity index (χ0) is 17.6. The number of aromatic nitrogens is 1. The lowest BCUT2D eigenvalue weighted by atomic mass is 10.1. The molecule has 0 saturated heterocycles. The van der Waals surface area contributed by atoms with Crippen LogP contribution in [0.3, 0.4) is 0 Å². The Hall–Kier alpha value is -2.06. The second-order valence-electron chi connectivity index (χ2n) is 6.26. The summed E-state index contributed by atoms with van der Waals surface area (Å²) >= 11 is 0. The molecule has 126 valence electrons. The Balaban J connectivity index is 3.08. The van der Waals surface area contributed by atoms with Crippen LogP contribution >= 0.6 is 0 Å². The van der Waals surface area contributed by atoms with Crippen molar-refractivity contribution in [2.75, 3.05) is 6.61 Å². The van der Waals surface area contributed by atoms with Crippen molar-refractivity contribution in [3.05, 3.63) is 28.6 Å². The first-order valence-corrected chi connectivity index (χ1v) is 8.04. The van der Waals surface area contributed by atoms with Gasteiger partial charge in [0.1, 0.15) is 11.6 Å². The van der Waals surface area contributed by atoms with E-state index in [-0.39, 0.29) is 18.2 Å². The minimum absolute atomic E-state index is 0.0571. The predicted octanol–water partition coefficient (Wildman–Crippen LogP) is 2.56. The van der Waals surface area contributed by atoms with Crippen LogP contribution in [0, 0.1) is 31.1 Å². The van der Waals surface area contributed by atoms with E-state index in [0.717, 1.165) is 23.5 Å². The van der Waals surface area contributed by atoms with Crippen molar-refractivity contribution in [2.24, 2.45) is 5.92 Å². The van der Waals surface area contributed by atoms with Crippen LogP contribution < -0.4 is 5.32 Å². The van der Waals surface area contributed by atoms with E-state index in [1.165, 1.54) is 0 Å². The van der Waals surface area contributed by atoms with Gasteiger partial charge in [-0.2, -0.15) is 5.26 Å². The van der Waals surface area contributed by atoms with E-state index in [1.54, 1.807) is 6.08 Å². The molecule has 5 heteroatoms. The maximum atomic E-state index is 12.2. The molecule has 0 aliphatic carbocycles. The minimum Gasteiger partial charge on any atom is -0.394 e. The number of nitrogens with one attached hydrogen (secondary N) is 1. The topological polar surface area (TPSA) is 78.1 Å². The summed E-state index contributed by atoms with van der Waals surface area (Å²) in [6.45, 7) is 11.0. The van der Waals surface area contributed by atoms with Gasteiger partial charge in [0.15, 0.2) is 0 Å². The lowest BCUT2D eigenvalue weighted by molar-refractivity contribution is -0.118. The summed E-state index contributed by atoms with van der Waals surface area (Å²) in [7, 11) is 0. The van der Waals surface area contributed by atoms with Crippen molar-refractivity contribution >= 4 is 12.0 Å². The Kier molecular flexibility index (Phi) is 7.05. The van der Waals surface area contributed by atoms with Crippen molar-refractivity contribution < 1.29 is 9.90 Å². The maximum absolute atomic E-state index is 12.2. The largest absolute Gasteiger partial charge is 0.394 e. The van der Waals surface area contributed by atoms with E-state index in [0.29, 0.717) is 12.3 Å². The van der Waals surface area contributed by atoms with Crippen molar-refractivity contribution in [1.29, 1.82) is 5.26 Å². The van der Waals surface area contributed by atoms with Gasteiger partial charge in [0.05, 0.1) is 12.6 Å². The van der Waals surface area contributed by atoms with E-state index in [1.807, 2.05) is 32.9 Å². The highest BCUT2D eigenvalue weighted by Crippen LogP contribution is 2.19. The summed E-state index contributed by atoms with van der Waals surface area (Å²) in [5.74, 6) is 0.0762. The first-order valence-electron chi connectivity index (χ1n) is 8.04. The van der Waals surface area contributed by atoms with Gasteiger partial charge in [0.2, 0.25) is 0 Å². The molecule has 1 rings (SSSR count). The number of hydrogen-bond acceptors (Lipinski definition) is 3. The third kappa shape index (κ3) is 4.97. The molecule has 2 N–H and O–H groups in total. The number of nitrogens with zero attached hydrogens (tertiary/aromatic N) is 2. The van der Waals surface area contributed by atoms with Gasteiger partial charge in [0.25, 0.3) is 5.91 Å². The third-order valence-electron chi connectivity index (χ3n) is 3.87. The van der Waals surface area contributed by atoms with Gasteiger partial charge < -0.3 is 15.0 Å². The molecule has 1 amide bonds. The van der Waals surface area contributed by atoms with Crippen LogP contribution in [0.5, 0.6) is 0 Å². The summed E-state index contributed by atoms with van der Waals surface area (Å²) in [6, 6.07) is 3.62. The third-order valence-corrected chi connectivity index (χ3v) is 3.87. The molecule has 1 aromatic heterocycles. The number of carbonyl (C=O) groups excluding carboxylic acids is 1. The molecule has 1 heterocycles. The Morgan fingerprint density at radius 2 is 2.13 bits per heavy atom. The number of aryl methyl sites for hydroxylation is 1. The van der Waals surface area contributed by atoms with E-state index in [4.69, 9.17) is 5.11 Å². The molecular formula is C18H27N3O2. The Morgan fingerprint density at radius 1 is 1.48 bits per heavy atom. The molecular weight excluding hydrogens is 290 g/mol. The Morgan fingerprint density at radius 3 is 2.61 bits per heavy atom. The Labute approximate surface area is 138 Å². The minimum atomic E-state index is -0.443. The van der Waals surface area contributed by atoms with Crippen LogP contribution in [0.2, 0.25) is 0 Å². The molecule has 0 bridgehead atoms. The van der Waals surface area contributed by atoms with Crippen LogP contribution in [0.15, 0.2) is 11.6 Å². The molecule has 0 aromatic carbocycles. The number of aliphatic hydroxyl groups excluding tert-OH is 1. The highest BCUT2D eigenvalue weighted by atomic mass is 16.3. The number of nitriles is 1. The number of amides is 1. The standard InChI is InChI=1S/C18H27N3O2/c1-6-17(11-22)20-18(23)16(9-19)8-15-7-13(4)21(14(15)5)10-12(2)3/h7-8,12,17,22H,6,10-11H2,1-5H3,(H,20,23)/b16-8+. The van der Waals surface area contributed by atoms with Gasteiger partial charge in [-0.25, -0.2) is 0 Å². The van der Waals surface area contributed by atoms with Crippen molar-refractivity contribution in [1.82, 2.24) is 9.88 Å². The van der Waals surface area contributed by atoms with E-state index < -0.39 is 5.91 Å². The fourth-order valence-corrected chi connectivity index (χ4v) is 2.46. The predicted molar refractivity (Wildman–Crippen MR) is 91.6 cm³/mol. The second-order valence-corrected chi connectivity index (χ2v) is 6.26. The summed E-state index contributed by atoms with van der Waals surface area (Å²) in [5.41, 5.74) is 3.10. The van der Waals surface area contributed by atoms with Crippen LogP contribution in [0.1, 0.15) is 44.1 Å². The molecule has 23 heavy (non-hydrogen) atoms. The number of hydrogen-bond donors (Lipinski definition) is 2. The fourth-order valence-electron chi connectivity index (χ4n) is 2.46. The molecule has 5 nitrogen and oxygen atoms in total. The van der Waals surface area contributed by atoms with Crippen LogP contribution in [-0.4, -0.2) is 28.2 Å². The smallest absolute Gasteiger partial charge is 0.262 e. The normalized spacial score (nSPS) is 13.0. The highest BCUT2D eigenvalue weighted by Gasteiger charge is 2.15. The van der Waals surface area contributed by atoms with Crippen LogP contribution in [0.4, 0.5) is 0 Å². The first kappa shape index (κ1) is 19.0. The first-order chi connectivity index (χ1) is 10.8. The zero-order valence-electron chi connectivity index (χ0n) is 14.7. The average Bonchev–Trinajstić information content (AvgIpc) is 2.76. The quantitative estimate of drug-likeness (QED) is 0.599. The molecule has 0 spiro atoms. The van der Waals surface area contributed by atoms with Gasteiger partial charge in [0, 0.05) is 17.9 Å². The van der Waals surface area contributed by atoms with Crippen LogP contribution in [-0.2, 0) is 11.3 Å². The molecule has 1 aromatic rings. The zero-order valence-corrected chi connectivity index (χ0v) is 14.7. The molecule has 0 fully saturated rings. The summed E-state index contributed by atoms with van der Waals surface area (Å²) in [5, 5.41) is 21.1. The van der Waals surface area contributed by atoms with Gasteiger partial charge in [-0.3, -0.25) is 4.79 Å². The second kappa shape index (κ2) is 8.54. The molecule has 1 atom stereocenters. The van der Waals surface area contributed by atoms with E-state index >= 15 is 0 Å². The van der Waals surface area contributed by atoms with Gasteiger partial charge in [-0.15, -0.1) is 0 Å². The fraction of sp³-hybridized carbons (Fsp3) is 0.556. The van der Waals surface area contributed by atoms with Crippen molar-refractivity contribution in [2.45, 2.75) is 53.6 Å². The lowest BCUT2D eigenvalue weighted by Crippen LogP contribution is -2.37. The highest BCUT2D eigenvalue weighted by molar-refractivity contribution is 6.02. The lowest BCUT2D eigenvalue weighted by Gasteiger charge is -2.13. The molecule has 0 aliphatic heterocycles. The number of carbonyl (C=O) groups is 1. The summed E-state index contributed by atoms with van der Waals surface area (Å²) < 4.78 is 2.20. The summed E-state index contributed by atoms with van der Waals surface area (Å²) in [4.78, 5) is 12.2. The molecule has 0 radical (unpaired) electrons. The van der Waals surface area contributed by atoms with E-state index in [9.17, 15) is 10.1 Å². The van der Waals surface area contributed by atoms with Gasteiger partial charge in [-0.05, 0) is 43.9 Å². The monoisotopic (exact) mass is 317 g/mol. The number of aliphatic hydroxyl groups is 1. The van der Waals surface area contributed by atoms with E-state index in [2.05, 4.69) is 23.7 Å². The van der Waals surface area contributed by atoms with Crippen molar-refractivity contribution in [3.8, 4) is 6.07 Å². The van der Waals surface area contributed by atoms with Crippen molar-refractivity contribution in [3.63, 3.8) is 0 Å². The maximum Gasteiger partial charge on any atom is 0.262 e. The van der Waals surface area contributed by atoms with Gasteiger partial charge >= 0.3 is 0 Å². The molecule has 1 unspecified atom stereocenters. The Bertz CT molecular complexity index is 617. The van der Waals surface area contributed by atoms with Gasteiger partial charge in [-0.1, -0.05) is 20.8 Å². The average molecular weight is 317 g/mol. The summed E-state index contributed by atoms with van der Waals surface area (Å²) in [6.07, 6.45) is 2.24. The van der Waals surface area contributed by atoms with Crippen LogP contribution in [0.25, 0.3) is 6.08 Å². The molecule has 0 aliphatic rings. The number of rotatable bonds is 7. The SMILES string of the molecule is CCC(CO)NC(=O)/C(C#N)=C/c1cc(C)n(CC(C)C)c1C. The molecule has 0 saturated carbocycles.